The molecule has 2 aromatic rings. The van der Waals surface area contributed by atoms with Gasteiger partial charge < -0.3 is 0 Å². The van der Waals surface area contributed by atoms with Crippen molar-refractivity contribution in [3.8, 4) is 6.07 Å². The van der Waals surface area contributed by atoms with Gasteiger partial charge >= 0.3 is 0 Å². The maximum Gasteiger partial charge on any atom is 0.162 e. The smallest absolute Gasteiger partial charge is 0.162 e. The van der Waals surface area contributed by atoms with Crippen LogP contribution >= 0.6 is 11.6 Å². The molecule has 0 aliphatic carbocycles. The van der Waals surface area contributed by atoms with Crippen molar-refractivity contribution in [3.63, 3.8) is 0 Å². The molecule has 2 aromatic heterocycles. The van der Waals surface area contributed by atoms with Crippen LogP contribution < -0.4 is 0 Å². The third kappa shape index (κ3) is 2.58. The van der Waals surface area contributed by atoms with Crippen LogP contribution in [0.3, 0.4) is 0 Å². The van der Waals surface area contributed by atoms with Crippen molar-refractivity contribution in [2.24, 2.45) is 7.05 Å². The van der Waals surface area contributed by atoms with E-state index < -0.39 is 0 Å². The predicted molar refractivity (Wildman–Crippen MR) is 67.9 cm³/mol. The van der Waals surface area contributed by atoms with E-state index in [0.717, 1.165) is 11.0 Å². The second kappa shape index (κ2) is 5.29. The molecule has 0 aromatic carbocycles. The molecule has 7 heteroatoms. The summed E-state index contributed by atoms with van der Waals surface area (Å²) >= 11 is 6.09. The predicted octanol–water partition coefficient (Wildman–Crippen LogP) is 1.36. The van der Waals surface area contributed by atoms with Crippen molar-refractivity contribution in [1.29, 1.82) is 5.26 Å². The summed E-state index contributed by atoms with van der Waals surface area (Å²) < 4.78 is 1.67. The summed E-state index contributed by atoms with van der Waals surface area (Å²) in [5.41, 5.74) is 0.721. The van der Waals surface area contributed by atoms with Crippen LogP contribution in [0, 0.1) is 11.3 Å². The molecule has 2 heterocycles. The number of nitriles is 1. The summed E-state index contributed by atoms with van der Waals surface area (Å²) in [6.45, 7) is 1.24. The van der Waals surface area contributed by atoms with E-state index in [1.54, 1.807) is 10.9 Å². The van der Waals surface area contributed by atoms with E-state index in [1.165, 1.54) is 0 Å². The molecule has 6 nitrogen and oxygen atoms in total. The number of halogens is 1. The van der Waals surface area contributed by atoms with Crippen LogP contribution in [-0.4, -0.2) is 38.2 Å². The van der Waals surface area contributed by atoms with E-state index >= 15 is 0 Å². The molecule has 0 amide bonds. The minimum atomic E-state index is 0.414. The van der Waals surface area contributed by atoms with Crippen molar-refractivity contribution >= 4 is 22.6 Å². The van der Waals surface area contributed by atoms with Crippen LogP contribution in [0.25, 0.3) is 11.0 Å². The van der Waals surface area contributed by atoms with E-state index in [9.17, 15) is 0 Å². The molecular formula is C11H13ClN6. The molecule has 94 valence electrons. The molecule has 0 unspecified atom stereocenters. The fourth-order valence-corrected chi connectivity index (χ4v) is 1.89. The third-order valence-electron chi connectivity index (χ3n) is 2.61. The summed E-state index contributed by atoms with van der Waals surface area (Å²) in [6.07, 6.45) is 2.14. The Morgan fingerprint density at radius 3 is 3.00 bits per heavy atom. The minimum Gasteiger partial charge on any atom is -0.298 e. The highest BCUT2D eigenvalue weighted by atomic mass is 35.5. The van der Waals surface area contributed by atoms with Crippen molar-refractivity contribution < 1.29 is 0 Å². The van der Waals surface area contributed by atoms with Gasteiger partial charge in [0.2, 0.25) is 0 Å². The second-order valence-electron chi connectivity index (χ2n) is 4.08. The SMILES string of the molecule is CN(CCC#N)Cc1nc(Cl)c2cnn(C)c2n1. The van der Waals surface area contributed by atoms with Crippen molar-refractivity contribution in [3.05, 3.63) is 17.2 Å². The standard InChI is InChI=1S/C11H13ClN6/c1-17(5-3-4-13)7-9-15-10(12)8-6-14-18(2)11(8)16-9/h6H,3,5,7H2,1-2H3. The Morgan fingerprint density at radius 1 is 1.50 bits per heavy atom. The molecule has 18 heavy (non-hydrogen) atoms. The minimum absolute atomic E-state index is 0.414. The molecule has 0 saturated heterocycles. The van der Waals surface area contributed by atoms with Crippen LogP contribution in [0.15, 0.2) is 6.20 Å². The molecule has 0 fully saturated rings. The first-order valence-electron chi connectivity index (χ1n) is 5.51. The number of rotatable bonds is 4. The fraction of sp³-hybridized carbons (Fsp3) is 0.455. The zero-order chi connectivity index (χ0) is 13.1. The topological polar surface area (TPSA) is 70.6 Å². The summed E-state index contributed by atoms with van der Waals surface area (Å²) in [5.74, 6) is 0.636. The van der Waals surface area contributed by atoms with Crippen LogP contribution in [0.5, 0.6) is 0 Å². The number of nitrogens with zero attached hydrogens (tertiary/aromatic N) is 6. The molecule has 0 saturated carbocycles. The number of hydrogen-bond donors (Lipinski definition) is 0. The first-order chi connectivity index (χ1) is 8.61. The molecule has 0 atom stereocenters. The Balaban J connectivity index is 2.24. The Bertz CT molecular complexity index is 599. The van der Waals surface area contributed by atoms with Gasteiger partial charge in [-0.1, -0.05) is 11.6 Å². The average molecular weight is 265 g/mol. The Morgan fingerprint density at radius 2 is 2.28 bits per heavy atom. The molecular weight excluding hydrogens is 252 g/mol. The van der Waals surface area contributed by atoms with E-state index in [4.69, 9.17) is 16.9 Å². The average Bonchev–Trinajstić information content (AvgIpc) is 2.69. The van der Waals surface area contributed by atoms with Gasteiger partial charge in [-0.3, -0.25) is 9.58 Å². The van der Waals surface area contributed by atoms with Crippen LogP contribution in [-0.2, 0) is 13.6 Å². The van der Waals surface area contributed by atoms with Gasteiger partial charge in [0.05, 0.1) is 24.2 Å². The lowest BCUT2D eigenvalue weighted by atomic mass is 10.4. The first kappa shape index (κ1) is 12.7. The van der Waals surface area contributed by atoms with Crippen molar-refractivity contribution in [2.45, 2.75) is 13.0 Å². The Labute approximate surface area is 110 Å². The first-order valence-corrected chi connectivity index (χ1v) is 5.89. The maximum absolute atomic E-state index is 8.53. The van der Waals surface area contributed by atoms with Gasteiger partial charge in [0.1, 0.15) is 11.0 Å². The van der Waals surface area contributed by atoms with Gasteiger partial charge in [0.25, 0.3) is 0 Å². The van der Waals surface area contributed by atoms with Crippen LogP contribution in [0.4, 0.5) is 0 Å². The summed E-state index contributed by atoms with van der Waals surface area (Å²) in [6, 6.07) is 2.11. The van der Waals surface area contributed by atoms with E-state index in [1.807, 2.05) is 19.0 Å². The molecule has 0 aliphatic heterocycles. The molecule has 0 bridgehead atoms. The highest BCUT2D eigenvalue weighted by Crippen LogP contribution is 2.19. The Kier molecular flexibility index (Phi) is 3.75. The quantitative estimate of drug-likeness (QED) is 0.780. The molecule has 0 aliphatic rings. The summed E-state index contributed by atoms with van der Waals surface area (Å²) in [7, 11) is 3.73. The lowest BCUT2D eigenvalue weighted by molar-refractivity contribution is 0.326. The largest absolute Gasteiger partial charge is 0.298 e. The molecule has 2 rings (SSSR count). The fourth-order valence-electron chi connectivity index (χ4n) is 1.66. The lowest BCUT2D eigenvalue weighted by Gasteiger charge is -2.13. The lowest BCUT2D eigenvalue weighted by Crippen LogP contribution is -2.20. The monoisotopic (exact) mass is 264 g/mol. The summed E-state index contributed by atoms with van der Waals surface area (Å²) in [4.78, 5) is 10.6. The van der Waals surface area contributed by atoms with Gasteiger partial charge in [-0.25, -0.2) is 9.97 Å². The van der Waals surface area contributed by atoms with Gasteiger partial charge in [-0.05, 0) is 7.05 Å². The van der Waals surface area contributed by atoms with E-state index in [2.05, 4.69) is 21.1 Å². The van der Waals surface area contributed by atoms with Crippen molar-refractivity contribution in [2.75, 3.05) is 13.6 Å². The molecule has 0 radical (unpaired) electrons. The molecule has 0 spiro atoms. The van der Waals surface area contributed by atoms with Gasteiger partial charge in [-0.2, -0.15) is 10.4 Å². The van der Waals surface area contributed by atoms with E-state index in [-0.39, 0.29) is 0 Å². The highest BCUT2D eigenvalue weighted by Gasteiger charge is 2.11. The third-order valence-corrected chi connectivity index (χ3v) is 2.90. The van der Waals surface area contributed by atoms with E-state index in [0.29, 0.717) is 30.5 Å². The van der Waals surface area contributed by atoms with Crippen LogP contribution in [0.1, 0.15) is 12.2 Å². The maximum atomic E-state index is 8.53. The number of aromatic nitrogens is 4. The van der Waals surface area contributed by atoms with Crippen molar-refractivity contribution in [1.82, 2.24) is 24.6 Å². The number of fused-ring (bicyclic) bond motifs is 1. The van der Waals surface area contributed by atoms with Gasteiger partial charge in [-0.15, -0.1) is 0 Å². The summed E-state index contributed by atoms with van der Waals surface area (Å²) in [5, 5.41) is 13.8. The number of hydrogen-bond acceptors (Lipinski definition) is 5. The zero-order valence-electron chi connectivity index (χ0n) is 10.3. The normalized spacial score (nSPS) is 11.1. The zero-order valence-corrected chi connectivity index (χ0v) is 11.0. The second-order valence-corrected chi connectivity index (χ2v) is 4.44. The highest BCUT2D eigenvalue weighted by molar-refractivity contribution is 6.33. The van der Waals surface area contributed by atoms with Gasteiger partial charge in [0.15, 0.2) is 5.65 Å². The Hall–Kier alpha value is -1.71. The van der Waals surface area contributed by atoms with Crippen LogP contribution in [0.2, 0.25) is 5.15 Å². The molecule has 0 N–H and O–H groups in total. The van der Waals surface area contributed by atoms with Gasteiger partial charge in [0, 0.05) is 20.0 Å². The number of aryl methyl sites for hydroxylation is 1.